The normalized spacial score (nSPS) is 18.3. The van der Waals surface area contributed by atoms with E-state index in [9.17, 15) is 13.2 Å². The van der Waals surface area contributed by atoms with Crippen LogP contribution in [0.1, 0.15) is 42.4 Å². The molecule has 184 valence electrons. The van der Waals surface area contributed by atoms with E-state index in [0.717, 1.165) is 56.4 Å². The molecule has 0 N–H and O–H groups in total. The van der Waals surface area contributed by atoms with Gasteiger partial charge in [-0.05, 0) is 54.3 Å². The number of amides is 1. The molecule has 1 amide bonds. The zero-order valence-electron chi connectivity index (χ0n) is 20.0. The molecule has 2 heterocycles. The van der Waals surface area contributed by atoms with Crippen molar-refractivity contribution in [3.8, 4) is 6.07 Å². The van der Waals surface area contributed by atoms with Gasteiger partial charge in [-0.2, -0.15) is 9.57 Å². The average molecular weight is 493 g/mol. The Morgan fingerprint density at radius 1 is 0.857 bits per heavy atom. The zero-order chi connectivity index (χ0) is 24.7. The maximum Gasteiger partial charge on any atom is 0.246 e. The van der Waals surface area contributed by atoms with Gasteiger partial charge < -0.3 is 4.90 Å². The lowest BCUT2D eigenvalue weighted by atomic mass is 10.1. The van der Waals surface area contributed by atoms with Crippen molar-refractivity contribution in [1.29, 1.82) is 5.26 Å². The van der Waals surface area contributed by atoms with Gasteiger partial charge in [0.2, 0.25) is 15.9 Å². The summed E-state index contributed by atoms with van der Waals surface area (Å²) in [6.45, 7) is 4.87. The van der Waals surface area contributed by atoms with Crippen LogP contribution in [0.25, 0.3) is 6.08 Å². The number of piperazine rings is 1. The molecule has 2 aliphatic rings. The standard InChI is InChI=1S/C27H32N4O3S/c28-21-24-5-7-25(8-6-24)22-29-17-19-30(20-18-29)27(32)14-11-23-9-12-26(13-10-23)35(33,34)31-15-3-1-2-4-16-31/h5-14H,1-4,15-20,22H2. The number of carbonyl (C=O) groups is 1. The van der Waals surface area contributed by atoms with E-state index in [4.69, 9.17) is 5.26 Å². The summed E-state index contributed by atoms with van der Waals surface area (Å²) in [5, 5.41) is 8.92. The Balaban J connectivity index is 1.28. The number of nitrogens with zero attached hydrogens (tertiary/aromatic N) is 4. The van der Waals surface area contributed by atoms with Crippen LogP contribution in [0.5, 0.6) is 0 Å². The molecule has 0 unspecified atom stereocenters. The van der Waals surface area contributed by atoms with E-state index in [1.807, 2.05) is 29.2 Å². The average Bonchev–Trinajstić information content (AvgIpc) is 3.19. The van der Waals surface area contributed by atoms with Gasteiger partial charge in [-0.15, -0.1) is 0 Å². The minimum Gasteiger partial charge on any atom is -0.337 e. The van der Waals surface area contributed by atoms with Crippen LogP contribution in [0, 0.1) is 11.3 Å². The highest BCUT2D eigenvalue weighted by Gasteiger charge is 2.25. The molecule has 35 heavy (non-hydrogen) atoms. The second-order valence-electron chi connectivity index (χ2n) is 9.13. The summed E-state index contributed by atoms with van der Waals surface area (Å²) in [4.78, 5) is 17.1. The maximum atomic E-state index is 12.9. The topological polar surface area (TPSA) is 84.7 Å². The third kappa shape index (κ3) is 6.57. The summed E-state index contributed by atoms with van der Waals surface area (Å²) in [6, 6.07) is 16.5. The third-order valence-electron chi connectivity index (χ3n) is 6.67. The lowest BCUT2D eigenvalue weighted by Crippen LogP contribution is -2.47. The fourth-order valence-electron chi connectivity index (χ4n) is 4.52. The molecule has 0 aromatic heterocycles. The van der Waals surface area contributed by atoms with E-state index < -0.39 is 10.0 Å². The van der Waals surface area contributed by atoms with Crippen LogP contribution in [-0.2, 0) is 21.4 Å². The summed E-state index contributed by atoms with van der Waals surface area (Å²) < 4.78 is 27.4. The van der Waals surface area contributed by atoms with E-state index in [2.05, 4.69) is 11.0 Å². The second-order valence-corrected chi connectivity index (χ2v) is 11.1. The van der Waals surface area contributed by atoms with Gasteiger partial charge in [-0.25, -0.2) is 8.42 Å². The zero-order valence-corrected chi connectivity index (χ0v) is 20.8. The van der Waals surface area contributed by atoms with E-state index in [1.54, 1.807) is 40.7 Å². The molecule has 0 radical (unpaired) electrons. The van der Waals surface area contributed by atoms with Gasteiger partial charge in [0.1, 0.15) is 0 Å². The molecule has 2 aliphatic heterocycles. The summed E-state index contributed by atoms with van der Waals surface area (Å²) >= 11 is 0. The summed E-state index contributed by atoms with van der Waals surface area (Å²) in [6.07, 6.45) is 7.28. The van der Waals surface area contributed by atoms with Crippen LogP contribution >= 0.6 is 0 Å². The Bertz CT molecular complexity index is 1170. The van der Waals surface area contributed by atoms with Crippen LogP contribution in [0.4, 0.5) is 0 Å². The number of benzene rings is 2. The van der Waals surface area contributed by atoms with Crippen LogP contribution in [0.2, 0.25) is 0 Å². The molecule has 7 nitrogen and oxygen atoms in total. The van der Waals surface area contributed by atoms with Crippen molar-refractivity contribution in [1.82, 2.24) is 14.1 Å². The number of carbonyl (C=O) groups excluding carboxylic acids is 1. The minimum atomic E-state index is -3.47. The number of rotatable bonds is 6. The van der Waals surface area contributed by atoms with E-state index >= 15 is 0 Å². The Kier molecular flexibility index (Phi) is 8.34. The molecule has 2 saturated heterocycles. The predicted molar refractivity (Wildman–Crippen MR) is 136 cm³/mol. The molecule has 2 fully saturated rings. The van der Waals surface area contributed by atoms with Gasteiger partial charge >= 0.3 is 0 Å². The highest BCUT2D eigenvalue weighted by atomic mass is 32.2. The molecule has 8 heteroatoms. The Labute approximate surface area is 208 Å². The van der Waals surface area contributed by atoms with Gasteiger partial charge in [-0.3, -0.25) is 9.69 Å². The van der Waals surface area contributed by atoms with Crippen LogP contribution in [0.15, 0.2) is 59.5 Å². The molecule has 2 aromatic carbocycles. The van der Waals surface area contributed by atoms with E-state index in [1.165, 1.54) is 0 Å². The minimum absolute atomic E-state index is 0.0377. The molecule has 0 aliphatic carbocycles. The predicted octanol–water partition coefficient (Wildman–Crippen LogP) is 3.48. The molecule has 0 bridgehead atoms. The molecule has 0 saturated carbocycles. The first-order valence-electron chi connectivity index (χ1n) is 12.2. The van der Waals surface area contributed by atoms with Crippen LogP contribution < -0.4 is 0 Å². The van der Waals surface area contributed by atoms with Crippen molar-refractivity contribution < 1.29 is 13.2 Å². The lowest BCUT2D eigenvalue weighted by molar-refractivity contribution is -0.127. The van der Waals surface area contributed by atoms with Gasteiger partial charge in [0.05, 0.1) is 16.5 Å². The second kappa shape index (κ2) is 11.6. The van der Waals surface area contributed by atoms with E-state index in [-0.39, 0.29) is 5.91 Å². The Morgan fingerprint density at radius 2 is 1.49 bits per heavy atom. The Morgan fingerprint density at radius 3 is 2.09 bits per heavy atom. The van der Waals surface area contributed by atoms with Crippen molar-refractivity contribution >= 4 is 22.0 Å². The summed E-state index contributed by atoms with van der Waals surface area (Å²) in [5.41, 5.74) is 2.61. The molecular formula is C27H32N4O3S. The highest BCUT2D eigenvalue weighted by molar-refractivity contribution is 7.89. The Hall–Kier alpha value is -2.99. The number of sulfonamides is 1. The van der Waals surface area contributed by atoms with Crippen molar-refractivity contribution in [2.45, 2.75) is 37.1 Å². The quantitative estimate of drug-likeness (QED) is 0.577. The van der Waals surface area contributed by atoms with Gasteiger partial charge in [0.15, 0.2) is 0 Å². The number of nitriles is 1. The fraction of sp³-hybridized carbons (Fsp3) is 0.407. The fourth-order valence-corrected chi connectivity index (χ4v) is 6.04. The summed E-state index contributed by atoms with van der Waals surface area (Å²) in [7, 11) is -3.47. The molecule has 4 rings (SSSR count). The van der Waals surface area contributed by atoms with Gasteiger partial charge in [0, 0.05) is 51.9 Å². The molecule has 0 atom stereocenters. The smallest absolute Gasteiger partial charge is 0.246 e. The number of hydrogen-bond donors (Lipinski definition) is 0. The molecule has 2 aromatic rings. The van der Waals surface area contributed by atoms with E-state index in [0.29, 0.717) is 36.6 Å². The van der Waals surface area contributed by atoms with Crippen LogP contribution in [-0.4, -0.2) is 67.7 Å². The largest absolute Gasteiger partial charge is 0.337 e. The number of hydrogen-bond acceptors (Lipinski definition) is 5. The molecule has 0 spiro atoms. The van der Waals surface area contributed by atoms with Gasteiger partial charge in [-0.1, -0.05) is 37.1 Å². The summed E-state index contributed by atoms with van der Waals surface area (Å²) in [5.74, 6) is -0.0377. The highest BCUT2D eigenvalue weighted by Crippen LogP contribution is 2.21. The SMILES string of the molecule is N#Cc1ccc(CN2CCN(C(=O)C=Cc3ccc(S(=O)(=O)N4CCCCCC4)cc3)CC2)cc1. The molecular weight excluding hydrogens is 460 g/mol. The first kappa shape index (κ1) is 25.1. The van der Waals surface area contributed by atoms with Gasteiger partial charge in [0.25, 0.3) is 0 Å². The third-order valence-corrected chi connectivity index (χ3v) is 8.59. The maximum absolute atomic E-state index is 12.9. The van der Waals surface area contributed by atoms with Crippen molar-refractivity contribution in [3.63, 3.8) is 0 Å². The first-order valence-corrected chi connectivity index (χ1v) is 13.7. The van der Waals surface area contributed by atoms with Crippen LogP contribution in [0.3, 0.4) is 0 Å². The van der Waals surface area contributed by atoms with Crippen molar-refractivity contribution in [3.05, 3.63) is 71.3 Å². The van der Waals surface area contributed by atoms with Crippen molar-refractivity contribution in [2.75, 3.05) is 39.3 Å². The first-order chi connectivity index (χ1) is 17.0. The monoisotopic (exact) mass is 492 g/mol. The lowest BCUT2D eigenvalue weighted by Gasteiger charge is -2.34. The van der Waals surface area contributed by atoms with Crippen molar-refractivity contribution in [2.24, 2.45) is 0 Å².